The van der Waals surface area contributed by atoms with E-state index in [4.69, 9.17) is 5.41 Å². The first-order valence-electron chi connectivity index (χ1n) is 7.72. The number of aryl methyl sites for hydroxylation is 2. The van der Waals surface area contributed by atoms with Gasteiger partial charge in [0.25, 0.3) is 0 Å². The Balaban J connectivity index is 2.34. The molecular weight excluding hydrogens is 286 g/mol. The van der Waals surface area contributed by atoms with Crippen LogP contribution in [-0.4, -0.2) is 28.5 Å². The van der Waals surface area contributed by atoms with Gasteiger partial charge in [-0.1, -0.05) is 30.3 Å². The molecule has 0 spiro atoms. The second-order valence-electron chi connectivity index (χ2n) is 5.69. The van der Waals surface area contributed by atoms with Gasteiger partial charge in [-0.3, -0.25) is 9.98 Å². The Morgan fingerprint density at radius 1 is 1.30 bits per heavy atom. The van der Waals surface area contributed by atoms with Gasteiger partial charge in [0.2, 0.25) is 5.62 Å². The maximum atomic E-state index is 8.16. The van der Waals surface area contributed by atoms with Gasteiger partial charge in [-0.05, 0) is 32.4 Å². The fourth-order valence-corrected chi connectivity index (χ4v) is 2.66. The molecule has 0 aliphatic rings. The van der Waals surface area contributed by atoms with Gasteiger partial charge in [-0.2, -0.15) is 0 Å². The Kier molecular flexibility index (Phi) is 5.21. The van der Waals surface area contributed by atoms with Gasteiger partial charge in [0.1, 0.15) is 6.17 Å². The van der Waals surface area contributed by atoms with Crippen molar-refractivity contribution in [2.75, 3.05) is 14.1 Å². The van der Waals surface area contributed by atoms with E-state index in [0.29, 0.717) is 0 Å². The molecule has 1 unspecified atom stereocenters. The highest BCUT2D eigenvalue weighted by molar-refractivity contribution is 5.63. The Bertz CT molecular complexity index is 746. The molecule has 2 aromatic rings. The molecule has 0 bridgehead atoms. The van der Waals surface area contributed by atoms with E-state index in [9.17, 15) is 0 Å². The summed E-state index contributed by atoms with van der Waals surface area (Å²) in [7, 11) is 3.93. The van der Waals surface area contributed by atoms with Crippen molar-refractivity contribution in [3.05, 3.63) is 65.2 Å². The van der Waals surface area contributed by atoms with E-state index in [1.54, 1.807) is 0 Å². The minimum absolute atomic E-state index is 0.0114. The summed E-state index contributed by atoms with van der Waals surface area (Å²) in [4.78, 5) is 6.35. The first-order chi connectivity index (χ1) is 10.9. The molecule has 23 heavy (non-hydrogen) atoms. The standard InChI is InChI=1S/C18H25N5/c1-13-11-14(2)23(18(19)21-13)15(3)22(5)12-17(20-4)16-9-7-6-8-10-16/h6-12,15,19-20H,1-5H3/b17-12-,19-18?. The van der Waals surface area contributed by atoms with Crippen LogP contribution in [0.15, 0.2) is 42.6 Å². The van der Waals surface area contributed by atoms with Crippen LogP contribution in [0.25, 0.3) is 5.70 Å². The van der Waals surface area contributed by atoms with Gasteiger partial charge >= 0.3 is 0 Å². The van der Waals surface area contributed by atoms with Gasteiger partial charge < -0.3 is 10.2 Å². The molecule has 0 amide bonds. The van der Waals surface area contributed by atoms with Crippen molar-refractivity contribution in [1.29, 1.82) is 5.41 Å². The fourth-order valence-electron chi connectivity index (χ4n) is 2.66. The van der Waals surface area contributed by atoms with Gasteiger partial charge in [-0.15, -0.1) is 0 Å². The summed E-state index contributed by atoms with van der Waals surface area (Å²) in [5.74, 6) is 0. The Hall–Kier alpha value is -2.56. The molecule has 0 saturated carbocycles. The maximum Gasteiger partial charge on any atom is 0.224 e. The first-order valence-corrected chi connectivity index (χ1v) is 7.72. The predicted octanol–water partition coefficient (Wildman–Crippen LogP) is 2.65. The minimum Gasteiger partial charge on any atom is -0.386 e. The van der Waals surface area contributed by atoms with Crippen molar-refractivity contribution in [2.24, 2.45) is 0 Å². The van der Waals surface area contributed by atoms with E-state index in [-0.39, 0.29) is 11.8 Å². The normalized spacial score (nSPS) is 12.8. The lowest BCUT2D eigenvalue weighted by Gasteiger charge is -2.28. The Morgan fingerprint density at radius 3 is 2.52 bits per heavy atom. The van der Waals surface area contributed by atoms with Crippen molar-refractivity contribution >= 4 is 5.70 Å². The van der Waals surface area contributed by atoms with E-state index >= 15 is 0 Å². The molecule has 122 valence electrons. The third kappa shape index (κ3) is 3.80. The average molecular weight is 311 g/mol. The third-order valence-corrected chi connectivity index (χ3v) is 3.96. The highest BCUT2D eigenvalue weighted by Crippen LogP contribution is 2.16. The van der Waals surface area contributed by atoms with E-state index in [0.717, 1.165) is 22.6 Å². The summed E-state index contributed by atoms with van der Waals surface area (Å²) in [6.07, 6.45) is 2.05. The Labute approximate surface area is 137 Å². The van der Waals surface area contributed by atoms with E-state index in [2.05, 4.69) is 40.5 Å². The lowest BCUT2D eigenvalue weighted by molar-refractivity contribution is 0.253. The zero-order chi connectivity index (χ0) is 17.0. The maximum absolute atomic E-state index is 8.16. The second kappa shape index (κ2) is 7.13. The zero-order valence-electron chi connectivity index (χ0n) is 14.5. The molecule has 0 saturated heterocycles. The van der Waals surface area contributed by atoms with E-state index < -0.39 is 0 Å². The third-order valence-electron chi connectivity index (χ3n) is 3.96. The van der Waals surface area contributed by atoms with Crippen molar-refractivity contribution < 1.29 is 0 Å². The van der Waals surface area contributed by atoms with Crippen LogP contribution >= 0.6 is 0 Å². The molecule has 5 nitrogen and oxygen atoms in total. The predicted molar refractivity (Wildman–Crippen MR) is 93.5 cm³/mol. The van der Waals surface area contributed by atoms with Crippen molar-refractivity contribution in [3.8, 4) is 0 Å². The van der Waals surface area contributed by atoms with E-state index in [1.165, 1.54) is 0 Å². The Morgan fingerprint density at radius 2 is 1.96 bits per heavy atom. The number of hydrogen-bond acceptors (Lipinski definition) is 4. The average Bonchev–Trinajstić information content (AvgIpc) is 2.52. The van der Waals surface area contributed by atoms with Gasteiger partial charge in [0, 0.05) is 31.7 Å². The fraction of sp³-hybridized carbons (Fsp3) is 0.333. The quantitative estimate of drug-likeness (QED) is 0.892. The van der Waals surface area contributed by atoms with Crippen LogP contribution in [0.5, 0.6) is 0 Å². The molecule has 0 radical (unpaired) electrons. The molecule has 0 fully saturated rings. The number of hydrogen-bond donors (Lipinski definition) is 2. The van der Waals surface area contributed by atoms with Crippen LogP contribution in [0, 0.1) is 19.3 Å². The topological polar surface area (TPSA) is 56.9 Å². The van der Waals surface area contributed by atoms with Crippen LogP contribution in [0.1, 0.15) is 30.0 Å². The monoisotopic (exact) mass is 311 g/mol. The largest absolute Gasteiger partial charge is 0.386 e. The molecule has 1 aromatic carbocycles. The van der Waals surface area contributed by atoms with Gasteiger partial charge in [-0.25, -0.2) is 4.98 Å². The summed E-state index contributed by atoms with van der Waals surface area (Å²) >= 11 is 0. The molecule has 2 rings (SSSR count). The highest BCUT2D eigenvalue weighted by atomic mass is 15.3. The molecule has 0 aliphatic heterocycles. The van der Waals surface area contributed by atoms with Crippen molar-refractivity contribution in [1.82, 2.24) is 19.8 Å². The summed E-state index contributed by atoms with van der Waals surface area (Å²) in [5.41, 5.74) is 4.34. The smallest absolute Gasteiger partial charge is 0.224 e. The lowest BCUT2D eigenvalue weighted by Crippen LogP contribution is -2.35. The van der Waals surface area contributed by atoms with Gasteiger partial charge in [0.15, 0.2) is 0 Å². The number of aromatic nitrogens is 2. The molecule has 2 N–H and O–H groups in total. The zero-order valence-corrected chi connectivity index (χ0v) is 14.5. The molecule has 0 aliphatic carbocycles. The molecule has 5 heteroatoms. The number of rotatable bonds is 5. The van der Waals surface area contributed by atoms with Crippen LogP contribution in [0.4, 0.5) is 0 Å². The van der Waals surface area contributed by atoms with E-state index in [1.807, 2.05) is 56.8 Å². The molecular formula is C18H25N5. The number of benzene rings is 1. The van der Waals surface area contributed by atoms with Crippen LogP contribution in [0.3, 0.4) is 0 Å². The molecule has 1 atom stereocenters. The summed E-state index contributed by atoms with van der Waals surface area (Å²) in [6, 6.07) is 12.2. The van der Waals surface area contributed by atoms with Crippen LogP contribution in [-0.2, 0) is 0 Å². The minimum atomic E-state index is -0.0114. The van der Waals surface area contributed by atoms with Crippen molar-refractivity contribution in [3.63, 3.8) is 0 Å². The lowest BCUT2D eigenvalue weighted by atomic mass is 10.1. The summed E-state index contributed by atoms with van der Waals surface area (Å²) in [5, 5.41) is 11.4. The summed E-state index contributed by atoms with van der Waals surface area (Å²) < 4.78 is 1.92. The second-order valence-corrected chi connectivity index (χ2v) is 5.69. The number of nitrogens with zero attached hydrogens (tertiary/aromatic N) is 3. The summed E-state index contributed by atoms with van der Waals surface area (Å²) in [6.45, 7) is 5.99. The SMILES string of the molecule is CN/C(=C\N(C)C(C)n1c(C)cc(C)nc1=N)c1ccccc1. The first kappa shape index (κ1) is 16.8. The van der Waals surface area contributed by atoms with Crippen molar-refractivity contribution in [2.45, 2.75) is 26.9 Å². The van der Waals surface area contributed by atoms with Crippen LogP contribution < -0.4 is 10.9 Å². The number of nitrogens with one attached hydrogen (secondary N) is 2. The van der Waals surface area contributed by atoms with Crippen LogP contribution in [0.2, 0.25) is 0 Å². The molecule has 1 heterocycles. The van der Waals surface area contributed by atoms with Gasteiger partial charge in [0.05, 0.1) is 5.70 Å². The molecule has 1 aromatic heterocycles. The highest BCUT2D eigenvalue weighted by Gasteiger charge is 2.13.